The number of hydrogen-bond acceptors (Lipinski definition) is 3. The lowest BCUT2D eigenvalue weighted by Gasteiger charge is -2.29. The predicted molar refractivity (Wildman–Crippen MR) is 59.4 cm³/mol. The Morgan fingerprint density at radius 3 is 2.54 bits per heavy atom. The maximum absolute atomic E-state index is 5.36. The molecule has 0 radical (unpaired) electrons. The van der Waals surface area contributed by atoms with Crippen molar-refractivity contribution in [2.45, 2.75) is 38.3 Å². The first-order valence-electron chi connectivity index (χ1n) is 5.00. The Morgan fingerprint density at radius 2 is 2.00 bits per heavy atom. The molecule has 1 saturated heterocycles. The molecule has 0 atom stereocenters. The van der Waals surface area contributed by atoms with E-state index in [4.69, 9.17) is 4.74 Å². The molecule has 1 rings (SSSR count). The summed E-state index contributed by atoms with van der Waals surface area (Å²) in [7, 11) is 1.78. The van der Waals surface area contributed by atoms with E-state index in [1.165, 1.54) is 24.3 Å². The summed E-state index contributed by atoms with van der Waals surface area (Å²) >= 11 is 2.07. The van der Waals surface area contributed by atoms with Gasteiger partial charge in [0.25, 0.3) is 0 Å². The first kappa shape index (κ1) is 11.3. The van der Waals surface area contributed by atoms with Crippen LogP contribution in [0.4, 0.5) is 0 Å². The molecule has 1 N–H and O–H groups in total. The lowest BCUT2D eigenvalue weighted by atomic mass is 10.1. The van der Waals surface area contributed by atoms with E-state index in [9.17, 15) is 0 Å². The van der Waals surface area contributed by atoms with Crippen molar-refractivity contribution in [3.05, 3.63) is 0 Å². The zero-order chi connectivity index (χ0) is 9.73. The Labute approximate surface area is 85.8 Å². The number of thioether (sulfide) groups is 1. The summed E-state index contributed by atoms with van der Waals surface area (Å²) in [6, 6.07) is 0.718. The zero-order valence-electron chi connectivity index (χ0n) is 8.93. The molecule has 1 aliphatic heterocycles. The molecule has 0 amide bonds. The van der Waals surface area contributed by atoms with Crippen molar-refractivity contribution in [3.63, 3.8) is 0 Å². The number of rotatable bonds is 4. The average Bonchev–Trinajstić information content (AvgIpc) is 2.17. The van der Waals surface area contributed by atoms with E-state index in [1.807, 2.05) is 0 Å². The van der Waals surface area contributed by atoms with Gasteiger partial charge >= 0.3 is 0 Å². The van der Waals surface area contributed by atoms with Gasteiger partial charge in [-0.1, -0.05) is 0 Å². The van der Waals surface area contributed by atoms with Crippen molar-refractivity contribution < 1.29 is 4.74 Å². The molecule has 1 heterocycles. The molecule has 1 fully saturated rings. The Kier molecular flexibility index (Phi) is 4.56. The van der Waals surface area contributed by atoms with Gasteiger partial charge < -0.3 is 10.1 Å². The van der Waals surface area contributed by atoms with Crippen LogP contribution >= 0.6 is 11.8 Å². The highest BCUT2D eigenvalue weighted by Gasteiger charge is 2.19. The monoisotopic (exact) mass is 203 g/mol. The largest absolute Gasteiger partial charge is 0.377 e. The van der Waals surface area contributed by atoms with Crippen LogP contribution in [0.3, 0.4) is 0 Å². The lowest BCUT2D eigenvalue weighted by molar-refractivity contribution is 0.0208. The fraction of sp³-hybridized carbons (Fsp3) is 1.00. The summed E-state index contributed by atoms with van der Waals surface area (Å²) in [6.45, 7) is 5.20. The fourth-order valence-corrected chi connectivity index (χ4v) is 2.47. The standard InChI is InChI=1S/C10H21NOS/c1-10(2,12-3)8-11-9-4-6-13-7-5-9/h9,11H,4-8H2,1-3H3. The second-order valence-electron chi connectivity index (χ2n) is 4.23. The topological polar surface area (TPSA) is 21.3 Å². The molecule has 0 saturated carbocycles. The normalized spacial score (nSPS) is 20.5. The van der Waals surface area contributed by atoms with Crippen LogP contribution in [0.15, 0.2) is 0 Å². The summed E-state index contributed by atoms with van der Waals surface area (Å²) in [5.41, 5.74) is -0.0232. The van der Waals surface area contributed by atoms with E-state index in [1.54, 1.807) is 7.11 Å². The summed E-state index contributed by atoms with van der Waals surface area (Å²) < 4.78 is 5.36. The average molecular weight is 203 g/mol. The van der Waals surface area contributed by atoms with Crippen LogP contribution in [0.2, 0.25) is 0 Å². The molecule has 0 aromatic rings. The van der Waals surface area contributed by atoms with Gasteiger partial charge in [-0.3, -0.25) is 0 Å². The van der Waals surface area contributed by atoms with Crippen LogP contribution in [-0.4, -0.2) is 36.8 Å². The second kappa shape index (κ2) is 5.23. The molecule has 0 aliphatic carbocycles. The minimum atomic E-state index is -0.0232. The molecule has 78 valence electrons. The smallest absolute Gasteiger partial charge is 0.0746 e. The van der Waals surface area contributed by atoms with Gasteiger partial charge in [0, 0.05) is 19.7 Å². The Hall–Kier alpha value is 0.270. The van der Waals surface area contributed by atoms with Crippen molar-refractivity contribution in [1.29, 1.82) is 0 Å². The van der Waals surface area contributed by atoms with Crippen molar-refractivity contribution >= 4 is 11.8 Å². The third kappa shape index (κ3) is 4.34. The van der Waals surface area contributed by atoms with Crippen LogP contribution in [-0.2, 0) is 4.74 Å². The van der Waals surface area contributed by atoms with E-state index in [0.29, 0.717) is 0 Å². The van der Waals surface area contributed by atoms with Gasteiger partial charge in [-0.15, -0.1) is 0 Å². The molecule has 13 heavy (non-hydrogen) atoms. The Morgan fingerprint density at radius 1 is 1.38 bits per heavy atom. The molecule has 2 nitrogen and oxygen atoms in total. The third-order valence-corrected chi connectivity index (χ3v) is 3.64. The number of methoxy groups -OCH3 is 1. The lowest BCUT2D eigenvalue weighted by Crippen LogP contribution is -2.43. The molecular weight excluding hydrogens is 182 g/mol. The second-order valence-corrected chi connectivity index (χ2v) is 5.46. The molecule has 3 heteroatoms. The van der Waals surface area contributed by atoms with Crippen molar-refractivity contribution in [1.82, 2.24) is 5.32 Å². The SMILES string of the molecule is COC(C)(C)CNC1CCSCC1. The van der Waals surface area contributed by atoms with Crippen molar-refractivity contribution in [2.24, 2.45) is 0 Å². The van der Waals surface area contributed by atoms with E-state index in [-0.39, 0.29) is 5.60 Å². The number of ether oxygens (including phenoxy) is 1. The minimum Gasteiger partial charge on any atom is -0.377 e. The van der Waals surface area contributed by atoms with Crippen LogP contribution in [0, 0.1) is 0 Å². The summed E-state index contributed by atoms with van der Waals surface area (Å²) in [4.78, 5) is 0. The fourth-order valence-electron chi connectivity index (χ4n) is 1.36. The Balaban J connectivity index is 2.17. The van der Waals surface area contributed by atoms with Crippen LogP contribution < -0.4 is 5.32 Å². The van der Waals surface area contributed by atoms with Crippen molar-refractivity contribution in [2.75, 3.05) is 25.2 Å². The van der Waals surface area contributed by atoms with E-state index in [2.05, 4.69) is 30.9 Å². The summed E-state index contributed by atoms with van der Waals surface area (Å²) in [5.74, 6) is 2.62. The quantitative estimate of drug-likeness (QED) is 0.754. The number of nitrogens with one attached hydrogen (secondary N) is 1. The first-order valence-corrected chi connectivity index (χ1v) is 6.16. The van der Waals surface area contributed by atoms with Gasteiger partial charge in [0.05, 0.1) is 5.60 Å². The van der Waals surface area contributed by atoms with Crippen molar-refractivity contribution in [3.8, 4) is 0 Å². The van der Waals surface area contributed by atoms with Gasteiger partial charge in [-0.2, -0.15) is 11.8 Å². The zero-order valence-corrected chi connectivity index (χ0v) is 9.75. The van der Waals surface area contributed by atoms with Crippen LogP contribution in [0.25, 0.3) is 0 Å². The highest BCUT2D eigenvalue weighted by molar-refractivity contribution is 7.99. The molecule has 0 aromatic heterocycles. The van der Waals surface area contributed by atoms with E-state index in [0.717, 1.165) is 12.6 Å². The van der Waals surface area contributed by atoms with Gasteiger partial charge in [0.15, 0.2) is 0 Å². The maximum atomic E-state index is 5.36. The molecule has 0 bridgehead atoms. The number of hydrogen-bond donors (Lipinski definition) is 1. The molecule has 1 aliphatic rings. The van der Waals surface area contributed by atoms with E-state index >= 15 is 0 Å². The van der Waals surface area contributed by atoms with Gasteiger partial charge in [0.2, 0.25) is 0 Å². The molecule has 0 aromatic carbocycles. The van der Waals surface area contributed by atoms with Gasteiger partial charge in [0.1, 0.15) is 0 Å². The molecular formula is C10H21NOS. The molecule has 0 unspecified atom stereocenters. The Bertz CT molecular complexity index is 144. The maximum Gasteiger partial charge on any atom is 0.0746 e. The van der Waals surface area contributed by atoms with Gasteiger partial charge in [-0.25, -0.2) is 0 Å². The predicted octanol–water partition coefficient (Wildman–Crippen LogP) is 1.90. The highest BCUT2D eigenvalue weighted by atomic mass is 32.2. The van der Waals surface area contributed by atoms with Crippen LogP contribution in [0.5, 0.6) is 0 Å². The van der Waals surface area contributed by atoms with E-state index < -0.39 is 0 Å². The molecule has 0 spiro atoms. The third-order valence-electron chi connectivity index (χ3n) is 2.59. The minimum absolute atomic E-state index is 0.0232. The summed E-state index contributed by atoms with van der Waals surface area (Å²) in [5, 5.41) is 3.57. The highest BCUT2D eigenvalue weighted by Crippen LogP contribution is 2.17. The summed E-state index contributed by atoms with van der Waals surface area (Å²) in [6.07, 6.45) is 2.62. The van der Waals surface area contributed by atoms with Crippen LogP contribution in [0.1, 0.15) is 26.7 Å². The first-order chi connectivity index (χ1) is 6.14. The van der Waals surface area contributed by atoms with Gasteiger partial charge in [-0.05, 0) is 38.2 Å².